The van der Waals surface area contributed by atoms with E-state index in [1.807, 2.05) is 0 Å². The number of alkyl halides is 7. The summed E-state index contributed by atoms with van der Waals surface area (Å²) in [7, 11) is 0. The van der Waals surface area contributed by atoms with Crippen LogP contribution in [-0.2, 0) is 0 Å². The summed E-state index contributed by atoms with van der Waals surface area (Å²) in [5.74, 6) is 0. The Kier molecular flexibility index (Phi) is 3.10. The Labute approximate surface area is 70.0 Å². The zero-order valence-corrected chi connectivity index (χ0v) is 7.40. The normalized spacial score (nSPS) is 19.2. The van der Waals surface area contributed by atoms with E-state index < -0.39 is 15.8 Å². The van der Waals surface area contributed by atoms with Crippen molar-refractivity contribution in [3.8, 4) is 0 Å². The third kappa shape index (κ3) is 2.05. The SMILES string of the molecule is FC(F)C(F)(Br)C(F)(F)Br. The minimum absolute atomic E-state index is 1.47. The average molecular weight is 292 g/mol. The van der Waals surface area contributed by atoms with Gasteiger partial charge in [-0.2, -0.15) is 8.78 Å². The topological polar surface area (TPSA) is 0 Å². The van der Waals surface area contributed by atoms with Gasteiger partial charge in [-0.15, -0.1) is 0 Å². The lowest BCUT2D eigenvalue weighted by molar-refractivity contribution is -0.0808. The Morgan fingerprint density at radius 2 is 1.30 bits per heavy atom. The zero-order valence-electron chi connectivity index (χ0n) is 4.22. The monoisotopic (exact) mass is 290 g/mol. The van der Waals surface area contributed by atoms with Crippen molar-refractivity contribution in [2.75, 3.05) is 0 Å². The van der Waals surface area contributed by atoms with Crippen molar-refractivity contribution in [1.29, 1.82) is 0 Å². The fourth-order valence-electron chi connectivity index (χ4n) is 0.124. The summed E-state index contributed by atoms with van der Waals surface area (Å²) >= 11 is 3.02. The van der Waals surface area contributed by atoms with Gasteiger partial charge in [0.25, 0.3) is 11.0 Å². The molecule has 0 bridgehead atoms. The molecule has 0 amide bonds. The highest BCUT2D eigenvalue weighted by atomic mass is 79.9. The van der Waals surface area contributed by atoms with Crippen LogP contribution in [0.5, 0.6) is 0 Å². The van der Waals surface area contributed by atoms with E-state index in [-0.39, 0.29) is 0 Å². The smallest absolute Gasteiger partial charge is 0.217 e. The van der Waals surface area contributed by atoms with Crippen molar-refractivity contribution in [3.05, 3.63) is 0 Å². The van der Waals surface area contributed by atoms with Crippen LogP contribution in [-0.4, -0.2) is 15.8 Å². The van der Waals surface area contributed by atoms with Crippen molar-refractivity contribution < 1.29 is 22.0 Å². The van der Waals surface area contributed by atoms with Gasteiger partial charge in [-0.05, 0) is 31.9 Å². The van der Waals surface area contributed by atoms with Crippen LogP contribution >= 0.6 is 31.9 Å². The van der Waals surface area contributed by atoms with Crippen molar-refractivity contribution in [2.45, 2.75) is 15.8 Å². The van der Waals surface area contributed by atoms with Gasteiger partial charge in [-0.3, -0.25) is 0 Å². The second-order valence-electron chi connectivity index (χ2n) is 1.42. The minimum Gasteiger partial charge on any atom is -0.217 e. The number of hydrogen-bond acceptors (Lipinski definition) is 0. The maximum Gasteiger partial charge on any atom is 0.350 e. The predicted molar refractivity (Wildman–Crippen MR) is 32.6 cm³/mol. The predicted octanol–water partition coefficient (Wildman–Crippen LogP) is 3.30. The second-order valence-corrected chi connectivity index (χ2v) is 3.57. The van der Waals surface area contributed by atoms with Gasteiger partial charge in [0.05, 0.1) is 0 Å². The van der Waals surface area contributed by atoms with E-state index in [1.165, 1.54) is 15.9 Å². The molecule has 0 radical (unpaired) electrons. The molecule has 0 aromatic carbocycles. The van der Waals surface area contributed by atoms with E-state index >= 15 is 0 Å². The first-order valence-electron chi connectivity index (χ1n) is 1.92. The number of halogens is 7. The highest BCUT2D eigenvalue weighted by Crippen LogP contribution is 2.46. The Hall–Kier alpha value is 0.610. The van der Waals surface area contributed by atoms with Crippen LogP contribution in [0.15, 0.2) is 0 Å². The van der Waals surface area contributed by atoms with Gasteiger partial charge in [0.15, 0.2) is 0 Å². The van der Waals surface area contributed by atoms with Gasteiger partial charge in [0, 0.05) is 0 Å². The van der Waals surface area contributed by atoms with Crippen LogP contribution in [0.25, 0.3) is 0 Å². The lowest BCUT2D eigenvalue weighted by Crippen LogP contribution is -2.40. The van der Waals surface area contributed by atoms with Gasteiger partial charge < -0.3 is 0 Å². The Bertz CT molecular complexity index is 117. The molecule has 1 atom stereocenters. The average Bonchev–Trinajstić information content (AvgIpc) is 1.62. The van der Waals surface area contributed by atoms with Gasteiger partial charge >= 0.3 is 4.83 Å². The molecule has 0 rings (SSSR count). The first-order valence-corrected chi connectivity index (χ1v) is 3.51. The Balaban J connectivity index is 4.40. The molecule has 0 aliphatic rings. The third-order valence-electron chi connectivity index (χ3n) is 0.652. The molecule has 0 aliphatic heterocycles. The summed E-state index contributed by atoms with van der Waals surface area (Å²) < 4.78 is 54.4. The lowest BCUT2D eigenvalue weighted by Gasteiger charge is -2.21. The van der Waals surface area contributed by atoms with Crippen LogP contribution in [0, 0.1) is 0 Å². The van der Waals surface area contributed by atoms with Crippen molar-refractivity contribution in [3.63, 3.8) is 0 Å². The second kappa shape index (κ2) is 2.92. The van der Waals surface area contributed by atoms with Crippen LogP contribution in [0.3, 0.4) is 0 Å². The molecular weight excluding hydrogens is 291 g/mol. The van der Waals surface area contributed by atoms with Crippen LogP contribution < -0.4 is 0 Å². The Morgan fingerprint density at radius 3 is 1.30 bits per heavy atom. The number of hydrogen-bond donors (Lipinski definition) is 0. The molecule has 0 saturated carbocycles. The Morgan fingerprint density at radius 1 is 1.00 bits per heavy atom. The molecule has 62 valence electrons. The molecule has 0 aliphatic carbocycles. The summed E-state index contributed by atoms with van der Waals surface area (Å²) in [6.45, 7) is 0. The standard InChI is InChI=1S/C3HBr2F5/c4-2(8,1(6)7)3(5,9)10/h1H. The molecule has 0 fully saturated rings. The van der Waals surface area contributed by atoms with E-state index in [9.17, 15) is 22.0 Å². The van der Waals surface area contributed by atoms with Crippen molar-refractivity contribution in [2.24, 2.45) is 0 Å². The van der Waals surface area contributed by atoms with E-state index in [2.05, 4.69) is 0 Å². The summed E-state index contributed by atoms with van der Waals surface area (Å²) in [6, 6.07) is 0. The molecule has 7 heteroatoms. The molecule has 0 aromatic heterocycles. The summed E-state index contributed by atoms with van der Waals surface area (Å²) in [6.07, 6.45) is -3.79. The summed E-state index contributed by atoms with van der Waals surface area (Å²) in [5, 5.41) is 0. The first-order chi connectivity index (χ1) is 4.19. The molecule has 0 aromatic rings. The van der Waals surface area contributed by atoms with E-state index in [0.29, 0.717) is 0 Å². The quantitative estimate of drug-likeness (QED) is 0.541. The van der Waals surface area contributed by atoms with Crippen LogP contribution in [0.2, 0.25) is 0 Å². The first kappa shape index (κ1) is 10.6. The molecule has 10 heavy (non-hydrogen) atoms. The zero-order chi connectivity index (χ0) is 8.58. The third-order valence-corrected chi connectivity index (χ3v) is 2.61. The maximum absolute atomic E-state index is 12.1. The maximum atomic E-state index is 12.1. The summed E-state index contributed by atoms with van der Waals surface area (Å²) in [4.78, 5) is -4.27. The fraction of sp³-hybridized carbons (Fsp3) is 1.00. The molecule has 1 unspecified atom stereocenters. The molecule has 0 saturated heterocycles. The molecule has 0 nitrogen and oxygen atoms in total. The van der Waals surface area contributed by atoms with Crippen LogP contribution in [0.4, 0.5) is 22.0 Å². The van der Waals surface area contributed by atoms with E-state index in [1.54, 1.807) is 15.9 Å². The van der Waals surface area contributed by atoms with Gasteiger partial charge in [-0.25, -0.2) is 13.2 Å². The number of rotatable bonds is 2. The molecular formula is C3HBr2F5. The highest BCUT2D eigenvalue weighted by Gasteiger charge is 2.58. The van der Waals surface area contributed by atoms with E-state index in [0.717, 1.165) is 0 Å². The van der Waals surface area contributed by atoms with E-state index in [4.69, 9.17) is 0 Å². The molecule has 0 spiro atoms. The lowest BCUT2D eigenvalue weighted by atomic mass is 10.4. The fourth-order valence-corrected chi connectivity index (χ4v) is 0.297. The largest absolute Gasteiger partial charge is 0.350 e. The molecule has 0 N–H and O–H groups in total. The van der Waals surface area contributed by atoms with Gasteiger partial charge in [0.1, 0.15) is 0 Å². The molecule has 0 heterocycles. The highest BCUT2D eigenvalue weighted by molar-refractivity contribution is 9.12. The van der Waals surface area contributed by atoms with Gasteiger partial charge in [-0.1, -0.05) is 0 Å². The van der Waals surface area contributed by atoms with Crippen LogP contribution in [0.1, 0.15) is 0 Å². The minimum atomic E-state index is -4.27. The summed E-state index contributed by atoms with van der Waals surface area (Å²) in [5.41, 5.74) is 0. The van der Waals surface area contributed by atoms with Crippen molar-refractivity contribution in [1.82, 2.24) is 0 Å². The van der Waals surface area contributed by atoms with Gasteiger partial charge in [0.2, 0.25) is 0 Å². The van der Waals surface area contributed by atoms with Crippen molar-refractivity contribution >= 4 is 31.9 Å².